The van der Waals surface area contributed by atoms with E-state index in [1.165, 1.54) is 19.4 Å². The Bertz CT molecular complexity index is 204. The molecule has 3 nitrogen and oxygen atoms in total. The minimum atomic E-state index is -2.73. The van der Waals surface area contributed by atoms with Crippen molar-refractivity contribution in [2.45, 2.75) is 13.0 Å². The van der Waals surface area contributed by atoms with E-state index < -0.39 is 12.9 Å². The van der Waals surface area contributed by atoms with Gasteiger partial charge in [-0.2, -0.15) is 0 Å². The monoisotopic (exact) mass is 176 g/mol. The molecule has 0 aromatic carbocycles. The first-order valence-electron chi connectivity index (χ1n) is 3.26. The van der Waals surface area contributed by atoms with E-state index in [4.69, 9.17) is 4.74 Å². The predicted octanol–water partition coefficient (Wildman–Crippen LogP) is 2.32. The van der Waals surface area contributed by atoms with E-state index in [1.807, 2.05) is 0 Å². The van der Waals surface area contributed by atoms with Crippen molar-refractivity contribution < 1.29 is 14.1 Å². The van der Waals surface area contributed by atoms with Crippen LogP contribution in [0.5, 0.6) is 0 Å². The van der Waals surface area contributed by atoms with E-state index in [-0.39, 0.29) is 6.10 Å². The zero-order valence-corrected chi connectivity index (χ0v) is 7.93. The van der Waals surface area contributed by atoms with Crippen LogP contribution >= 0.6 is 7.14 Å². The van der Waals surface area contributed by atoms with Gasteiger partial charge in [-0.1, -0.05) is 12.7 Å². The highest BCUT2D eigenvalue weighted by Gasteiger charge is 2.21. The lowest BCUT2D eigenvalue weighted by atomic mass is 10.4. The summed E-state index contributed by atoms with van der Waals surface area (Å²) in [5, 5.41) is 0. The van der Waals surface area contributed by atoms with Crippen LogP contribution in [-0.2, 0) is 9.30 Å². The SMILES string of the molecule is C=CC(C)OC(=O)P(C)(C)=O. The summed E-state index contributed by atoms with van der Waals surface area (Å²) in [6.07, 6.45) is 1.11. The van der Waals surface area contributed by atoms with Gasteiger partial charge in [-0.3, -0.25) is 0 Å². The zero-order valence-electron chi connectivity index (χ0n) is 7.03. The maximum atomic E-state index is 11.1. The Morgan fingerprint density at radius 3 is 2.36 bits per heavy atom. The van der Waals surface area contributed by atoms with Gasteiger partial charge in [0, 0.05) is 0 Å². The van der Waals surface area contributed by atoms with Crippen molar-refractivity contribution in [1.82, 2.24) is 0 Å². The normalized spacial score (nSPS) is 13.7. The number of carbonyl (C=O) groups excluding carboxylic acids is 1. The molecule has 0 saturated carbocycles. The Kier molecular flexibility index (Phi) is 3.53. The molecule has 0 aliphatic carbocycles. The molecule has 11 heavy (non-hydrogen) atoms. The molecule has 1 unspecified atom stereocenters. The molecule has 0 aliphatic heterocycles. The van der Waals surface area contributed by atoms with Gasteiger partial charge in [0.15, 0.2) is 7.14 Å². The van der Waals surface area contributed by atoms with Gasteiger partial charge in [-0.25, -0.2) is 4.79 Å². The molecule has 0 aromatic rings. The highest BCUT2D eigenvalue weighted by atomic mass is 31.2. The first kappa shape index (κ1) is 10.4. The van der Waals surface area contributed by atoms with Crippen molar-refractivity contribution in [3.63, 3.8) is 0 Å². The van der Waals surface area contributed by atoms with E-state index in [9.17, 15) is 9.36 Å². The van der Waals surface area contributed by atoms with Crippen LogP contribution in [0.3, 0.4) is 0 Å². The van der Waals surface area contributed by atoms with Crippen molar-refractivity contribution in [2.75, 3.05) is 13.3 Å². The lowest BCUT2D eigenvalue weighted by Crippen LogP contribution is -2.10. The number of rotatable bonds is 3. The topological polar surface area (TPSA) is 43.4 Å². The highest BCUT2D eigenvalue weighted by molar-refractivity contribution is 7.78. The summed E-state index contributed by atoms with van der Waals surface area (Å²) in [5.74, 6) is 0. The molecular formula is C7H13O3P. The molecule has 0 radical (unpaired) electrons. The molecule has 0 N–H and O–H groups in total. The van der Waals surface area contributed by atoms with Gasteiger partial charge in [-0.05, 0) is 20.3 Å². The van der Waals surface area contributed by atoms with Gasteiger partial charge in [0.2, 0.25) is 0 Å². The summed E-state index contributed by atoms with van der Waals surface area (Å²) in [4.78, 5) is 10.9. The largest absolute Gasteiger partial charge is 0.453 e. The van der Waals surface area contributed by atoms with Gasteiger partial charge in [0.1, 0.15) is 6.10 Å². The van der Waals surface area contributed by atoms with Crippen LogP contribution in [0.1, 0.15) is 6.92 Å². The third-order valence-corrected chi connectivity index (χ3v) is 2.04. The average molecular weight is 176 g/mol. The first-order chi connectivity index (χ1) is 4.88. The van der Waals surface area contributed by atoms with Gasteiger partial charge < -0.3 is 9.30 Å². The van der Waals surface area contributed by atoms with Crippen LogP contribution in [0.4, 0.5) is 4.79 Å². The second kappa shape index (κ2) is 3.72. The predicted molar refractivity (Wildman–Crippen MR) is 45.6 cm³/mol. The standard InChI is InChI=1S/C7H13O3P/c1-5-6(2)10-7(8)11(3,4)9/h5-6H,1H2,2-4H3. The number of ether oxygens (including phenoxy) is 1. The van der Waals surface area contributed by atoms with Crippen molar-refractivity contribution >= 4 is 12.9 Å². The van der Waals surface area contributed by atoms with Crippen molar-refractivity contribution in [2.24, 2.45) is 0 Å². The molecule has 0 aromatic heterocycles. The summed E-state index contributed by atoms with van der Waals surface area (Å²) in [6, 6.07) is 0. The fraction of sp³-hybridized carbons (Fsp3) is 0.571. The molecule has 0 rings (SSSR count). The number of hydrogen-bond acceptors (Lipinski definition) is 3. The van der Waals surface area contributed by atoms with Crippen LogP contribution in [0, 0.1) is 0 Å². The molecule has 0 amide bonds. The third-order valence-electron chi connectivity index (χ3n) is 1.06. The number of carbonyl (C=O) groups is 1. The van der Waals surface area contributed by atoms with Crippen LogP contribution in [-0.4, -0.2) is 25.1 Å². The van der Waals surface area contributed by atoms with Gasteiger partial charge in [-0.15, -0.1) is 0 Å². The second-order valence-corrected chi connectivity index (χ2v) is 5.74. The van der Waals surface area contributed by atoms with Crippen LogP contribution in [0.25, 0.3) is 0 Å². The molecule has 0 aliphatic rings. The minimum absolute atomic E-state index is 0.365. The quantitative estimate of drug-likeness (QED) is 0.489. The molecule has 0 bridgehead atoms. The maximum Gasteiger partial charge on any atom is 0.364 e. The third kappa shape index (κ3) is 3.99. The fourth-order valence-electron chi connectivity index (χ4n) is 0.334. The molecule has 1 atom stereocenters. The Labute approximate surface area is 66.8 Å². The van der Waals surface area contributed by atoms with E-state index in [0.717, 1.165) is 0 Å². The highest BCUT2D eigenvalue weighted by Crippen LogP contribution is 2.38. The lowest BCUT2D eigenvalue weighted by molar-refractivity contribution is 0.152. The Morgan fingerprint density at radius 1 is 1.64 bits per heavy atom. The Morgan fingerprint density at radius 2 is 2.09 bits per heavy atom. The van der Waals surface area contributed by atoms with Gasteiger partial charge in [0.05, 0.1) is 0 Å². The maximum absolute atomic E-state index is 11.1. The number of hydrogen-bond donors (Lipinski definition) is 0. The first-order valence-corrected chi connectivity index (χ1v) is 5.86. The molecule has 0 spiro atoms. The zero-order chi connectivity index (χ0) is 9.07. The van der Waals surface area contributed by atoms with E-state index in [0.29, 0.717) is 0 Å². The minimum Gasteiger partial charge on any atom is -0.453 e. The molecule has 4 heteroatoms. The molecular weight excluding hydrogens is 163 g/mol. The fourth-order valence-corrected chi connectivity index (χ4v) is 0.754. The lowest BCUT2D eigenvalue weighted by Gasteiger charge is -2.10. The van der Waals surface area contributed by atoms with Crippen LogP contribution in [0.15, 0.2) is 12.7 Å². The molecule has 0 fully saturated rings. The van der Waals surface area contributed by atoms with Crippen molar-refractivity contribution in [3.8, 4) is 0 Å². The van der Waals surface area contributed by atoms with Gasteiger partial charge >= 0.3 is 5.71 Å². The van der Waals surface area contributed by atoms with E-state index in [2.05, 4.69) is 6.58 Å². The molecule has 0 heterocycles. The summed E-state index contributed by atoms with van der Waals surface area (Å²) in [5.41, 5.74) is -0.634. The Hall–Kier alpha value is -0.560. The Balaban J connectivity index is 4.09. The average Bonchev–Trinajstić information content (AvgIpc) is 1.85. The van der Waals surface area contributed by atoms with E-state index >= 15 is 0 Å². The summed E-state index contributed by atoms with van der Waals surface area (Å²) in [6.45, 7) is 7.86. The summed E-state index contributed by atoms with van der Waals surface area (Å²) < 4.78 is 15.8. The summed E-state index contributed by atoms with van der Waals surface area (Å²) in [7, 11) is -2.73. The summed E-state index contributed by atoms with van der Waals surface area (Å²) >= 11 is 0. The second-order valence-electron chi connectivity index (χ2n) is 2.68. The van der Waals surface area contributed by atoms with Crippen LogP contribution < -0.4 is 0 Å². The van der Waals surface area contributed by atoms with Gasteiger partial charge in [0.25, 0.3) is 0 Å². The van der Waals surface area contributed by atoms with Crippen molar-refractivity contribution in [1.29, 1.82) is 0 Å². The van der Waals surface area contributed by atoms with Crippen molar-refractivity contribution in [3.05, 3.63) is 12.7 Å². The molecule has 64 valence electrons. The smallest absolute Gasteiger partial charge is 0.364 e. The van der Waals surface area contributed by atoms with Crippen LogP contribution in [0.2, 0.25) is 0 Å². The molecule has 0 saturated heterocycles. The van der Waals surface area contributed by atoms with E-state index in [1.54, 1.807) is 6.92 Å².